The fourth-order valence-electron chi connectivity index (χ4n) is 7.97. The molecule has 2 aliphatic rings. The number of nitrogens with one attached hydrogen (secondary N) is 7. The largest absolute Gasteiger partial charge is 0.481 e. The van der Waals surface area contributed by atoms with Crippen LogP contribution in [0.3, 0.4) is 0 Å². The van der Waals surface area contributed by atoms with Crippen molar-refractivity contribution in [1.29, 1.82) is 0 Å². The van der Waals surface area contributed by atoms with Crippen molar-refractivity contribution in [3.05, 3.63) is 0 Å². The Balaban J connectivity index is 2.21. The van der Waals surface area contributed by atoms with Gasteiger partial charge in [0.2, 0.25) is 53.2 Å². The predicted molar refractivity (Wildman–Crippen MR) is 257 cm³/mol. The first-order chi connectivity index (χ1) is 34.1. The monoisotopic (exact) mass is 1040 g/mol. The number of nitrogens with two attached hydrogens (primary N) is 3. The number of hydrogen-bond acceptors (Lipinski definition) is 16. The molecular weight excluding hydrogens is 967 g/mol. The van der Waals surface area contributed by atoms with Crippen molar-refractivity contribution in [3.63, 3.8) is 0 Å². The Hall–Kier alpha value is -6.72. The van der Waals surface area contributed by atoms with E-state index in [1.807, 2.05) is 0 Å². The first kappa shape index (κ1) is 62.4. The predicted octanol–water partition coefficient (Wildman–Crippen LogP) is -6.61. The summed E-state index contributed by atoms with van der Waals surface area (Å²) < 4.78 is 0. The van der Waals surface area contributed by atoms with Gasteiger partial charge in [0.05, 0.1) is 25.7 Å². The summed E-state index contributed by atoms with van der Waals surface area (Å²) in [6.07, 6.45) is -0.808. The van der Waals surface area contributed by atoms with E-state index in [0.717, 1.165) is 6.92 Å². The maximum atomic E-state index is 14.3. The molecule has 0 spiro atoms. The highest BCUT2D eigenvalue weighted by atomic mass is 16.4. The van der Waals surface area contributed by atoms with Crippen LogP contribution in [-0.2, 0) is 52.7 Å². The van der Waals surface area contributed by atoms with E-state index in [0.29, 0.717) is 12.8 Å². The molecule has 0 aromatic rings. The summed E-state index contributed by atoms with van der Waals surface area (Å²) in [6.45, 7) is 7.19. The van der Waals surface area contributed by atoms with E-state index in [1.54, 1.807) is 13.8 Å². The number of nitrogens with zero attached hydrogens (tertiary/aromatic N) is 3. The molecule has 0 saturated carbocycles. The average molecular weight is 1040 g/mol. The Morgan fingerprint density at radius 1 is 0.616 bits per heavy atom. The lowest BCUT2D eigenvalue weighted by molar-refractivity contribution is -0.144. The molecular formula is C44H75N13O16. The molecule has 18 N–H and O–H groups in total. The molecule has 2 heterocycles. The molecule has 0 radical (unpaired) electrons. The number of rotatable bonds is 29. The Kier molecular flexibility index (Phi) is 25.4. The van der Waals surface area contributed by atoms with Gasteiger partial charge < -0.3 is 89.8 Å². The van der Waals surface area contributed by atoms with Crippen LogP contribution < -0.4 is 54.4 Å². The van der Waals surface area contributed by atoms with E-state index in [9.17, 15) is 78.3 Å². The lowest BCUT2D eigenvalue weighted by Crippen LogP contribution is -2.61. The zero-order valence-corrected chi connectivity index (χ0v) is 42.0. The standard InChI is InChI=1S/C44H75N13O16/c1-20(2)16-26(52-35(64)24(10-7-13-48-44(46)47)50-39(68)30-12-9-15-57(30)42(71)32(45)23(6)60)41(70)56-14-8-11-29(56)40(69)54-28(19-59)38(67)53-27(18-58)37(66)49-22(5)34(63)51-25(17-31(61)62)36(65)55-33(21(3)4)43(72)73/h20-30,32-33,58-60H,7-19,45H2,1-6H3,(H,49,66)(H,50,68)(H,51,63)(H,52,64)(H,53,67)(H,54,69)(H,55,65)(H,61,62)(H,72,73)(H4,46,47,48)/t22-,23+,24-,25-,26-,27-,28-,29-,30-,32-,33-/m0/s1. The van der Waals surface area contributed by atoms with Crippen LogP contribution in [0.25, 0.3) is 0 Å². The van der Waals surface area contributed by atoms with Gasteiger partial charge in [-0.1, -0.05) is 27.7 Å². The number of aliphatic imine (C=N–C) groups is 1. The van der Waals surface area contributed by atoms with Crippen LogP contribution >= 0.6 is 0 Å². The van der Waals surface area contributed by atoms with Crippen molar-refractivity contribution in [3.8, 4) is 0 Å². The number of likely N-dealkylation sites (tertiary alicyclic amines) is 2. The summed E-state index contributed by atoms with van der Waals surface area (Å²) in [7, 11) is 0. The number of carbonyl (C=O) groups is 11. The van der Waals surface area contributed by atoms with Crippen LogP contribution in [-0.4, -0.2) is 206 Å². The second-order valence-corrected chi connectivity index (χ2v) is 18.8. The summed E-state index contributed by atoms with van der Waals surface area (Å²) in [5.74, 6) is -12.2. The molecule has 29 nitrogen and oxygen atoms in total. The van der Waals surface area contributed by atoms with Crippen LogP contribution in [0.2, 0.25) is 0 Å². The smallest absolute Gasteiger partial charge is 0.326 e. The fourth-order valence-corrected chi connectivity index (χ4v) is 7.97. The summed E-state index contributed by atoms with van der Waals surface area (Å²) >= 11 is 0. The fraction of sp³-hybridized carbons (Fsp3) is 0.727. The summed E-state index contributed by atoms with van der Waals surface area (Å²) in [5, 5.41) is 65.2. The molecule has 2 rings (SSSR count). The van der Waals surface area contributed by atoms with Gasteiger partial charge in [-0.2, -0.15) is 0 Å². The maximum absolute atomic E-state index is 14.3. The van der Waals surface area contributed by atoms with E-state index in [4.69, 9.17) is 17.2 Å². The van der Waals surface area contributed by atoms with Crippen molar-refractivity contribution in [2.75, 3.05) is 32.8 Å². The Bertz CT molecular complexity index is 2020. The third-order valence-electron chi connectivity index (χ3n) is 12.0. The second kappa shape index (κ2) is 29.7. The van der Waals surface area contributed by atoms with Crippen molar-refractivity contribution in [2.24, 2.45) is 34.0 Å². The number of aliphatic carboxylic acids is 2. The molecule has 0 unspecified atom stereocenters. The number of guanidine groups is 1. The number of carboxylic acids is 2. The van der Waals surface area contributed by atoms with Gasteiger partial charge in [-0.25, -0.2) is 4.79 Å². The van der Waals surface area contributed by atoms with Crippen molar-refractivity contribution in [2.45, 2.75) is 159 Å². The summed E-state index contributed by atoms with van der Waals surface area (Å²) in [5.41, 5.74) is 16.8. The average Bonchev–Trinajstić information content (AvgIpc) is 4.02. The van der Waals surface area contributed by atoms with Crippen LogP contribution in [0, 0.1) is 11.8 Å². The summed E-state index contributed by atoms with van der Waals surface area (Å²) in [4.78, 5) is 151. The first-order valence-corrected chi connectivity index (χ1v) is 24.0. The number of aliphatic hydroxyl groups is 3. The van der Waals surface area contributed by atoms with Gasteiger partial charge in [0.25, 0.3) is 0 Å². The summed E-state index contributed by atoms with van der Waals surface area (Å²) in [6, 6.07) is -14.3. The van der Waals surface area contributed by atoms with Crippen LogP contribution in [0.4, 0.5) is 0 Å². The maximum Gasteiger partial charge on any atom is 0.326 e. The Labute approximate surface area is 421 Å². The van der Waals surface area contributed by atoms with Crippen LogP contribution in [0.15, 0.2) is 4.99 Å². The van der Waals surface area contributed by atoms with Crippen molar-refractivity contribution >= 4 is 71.1 Å². The highest BCUT2D eigenvalue weighted by Crippen LogP contribution is 2.22. The SMILES string of the molecule is CC(C)C[C@H](NC(=O)[C@H](CCCN=C(N)N)NC(=O)[C@@H]1CCCN1C(=O)[C@@H](N)[C@@H](C)O)C(=O)N1CCC[C@H]1C(=O)N[C@@H](CO)C(=O)N[C@@H](CO)C(=O)N[C@@H](C)C(=O)N[C@@H](CC(=O)O)C(=O)N[C@H](C(=O)O)C(C)C. The Morgan fingerprint density at radius 2 is 1.08 bits per heavy atom. The van der Waals surface area contributed by atoms with Gasteiger partial charge in [0.15, 0.2) is 5.96 Å². The van der Waals surface area contributed by atoms with Gasteiger partial charge >= 0.3 is 11.9 Å². The highest BCUT2D eigenvalue weighted by molar-refractivity contribution is 5.99. The van der Waals surface area contributed by atoms with E-state index < -0.39 is 157 Å². The molecule has 2 aliphatic heterocycles. The number of aliphatic hydroxyl groups excluding tert-OH is 3. The van der Waals surface area contributed by atoms with Gasteiger partial charge in [0, 0.05) is 19.6 Å². The zero-order valence-electron chi connectivity index (χ0n) is 42.0. The number of carboxylic acid groups (broad SMARTS) is 2. The molecule has 2 saturated heterocycles. The van der Waals surface area contributed by atoms with Gasteiger partial charge in [-0.05, 0) is 70.6 Å². The van der Waals surface area contributed by atoms with Gasteiger partial charge in [0.1, 0.15) is 60.4 Å². The number of carbonyl (C=O) groups excluding carboxylic acids is 9. The molecule has 0 bridgehead atoms. The number of hydrogen-bond donors (Lipinski definition) is 15. The van der Waals surface area contributed by atoms with Crippen LogP contribution in [0.1, 0.15) is 92.9 Å². The quantitative estimate of drug-likeness (QED) is 0.0188. The van der Waals surface area contributed by atoms with E-state index >= 15 is 0 Å². The minimum absolute atomic E-state index is 0.0109. The van der Waals surface area contributed by atoms with Crippen LogP contribution in [0.5, 0.6) is 0 Å². The molecule has 9 amide bonds. The molecule has 29 heteroatoms. The lowest BCUT2D eigenvalue weighted by Gasteiger charge is -2.32. The molecule has 73 heavy (non-hydrogen) atoms. The molecule has 412 valence electrons. The molecule has 0 aromatic heterocycles. The van der Waals surface area contributed by atoms with E-state index in [1.165, 1.54) is 30.6 Å². The van der Waals surface area contributed by atoms with Crippen molar-refractivity contribution in [1.82, 2.24) is 47.0 Å². The number of amides is 9. The highest BCUT2D eigenvalue weighted by Gasteiger charge is 2.42. The Morgan fingerprint density at radius 3 is 1.56 bits per heavy atom. The minimum Gasteiger partial charge on any atom is -0.481 e. The lowest BCUT2D eigenvalue weighted by atomic mass is 10.0. The zero-order chi connectivity index (χ0) is 55.4. The second-order valence-electron chi connectivity index (χ2n) is 18.8. The third kappa shape index (κ3) is 19.3. The van der Waals surface area contributed by atoms with Gasteiger partial charge in [-0.3, -0.25) is 52.9 Å². The molecule has 2 fully saturated rings. The van der Waals surface area contributed by atoms with E-state index in [-0.39, 0.29) is 63.6 Å². The van der Waals surface area contributed by atoms with E-state index in [2.05, 4.69) is 42.2 Å². The first-order valence-electron chi connectivity index (χ1n) is 24.0. The minimum atomic E-state index is -1.80. The van der Waals surface area contributed by atoms with Crippen molar-refractivity contribution < 1.29 is 78.3 Å². The molecule has 0 aliphatic carbocycles. The third-order valence-corrected chi connectivity index (χ3v) is 12.0. The molecule has 11 atom stereocenters. The van der Waals surface area contributed by atoms with Gasteiger partial charge in [-0.15, -0.1) is 0 Å². The normalized spacial score (nSPS) is 19.1. The molecule has 0 aromatic carbocycles. The topological polar surface area (TPSA) is 470 Å².